The van der Waals surface area contributed by atoms with Crippen LogP contribution >= 0.6 is 0 Å². The van der Waals surface area contributed by atoms with Crippen LogP contribution in [0.1, 0.15) is 0 Å². The minimum atomic E-state index is 0. The van der Waals surface area contributed by atoms with Crippen LogP contribution in [0.25, 0.3) is 5.82 Å². The minimum absolute atomic E-state index is 0. The predicted molar refractivity (Wildman–Crippen MR) is 47.7 cm³/mol. The molecule has 0 bridgehead atoms. The molecule has 0 amide bonds. The fourth-order valence-electron chi connectivity index (χ4n) is 0.824. The summed E-state index contributed by atoms with van der Waals surface area (Å²) in [5.74, 6) is 0.782. The SMILES string of the molecule is [PbH2].c1cnn(-c2ccncn2)c1. The standard InChI is InChI=1S/C7H6N4.Pb.2H/c1-3-10-11(5-1)7-2-4-8-6-9-7;;;/h1-6H;;;. The van der Waals surface area contributed by atoms with Gasteiger partial charge in [0.2, 0.25) is 0 Å². The third-order valence-corrected chi connectivity index (χ3v) is 1.31. The third-order valence-electron chi connectivity index (χ3n) is 1.31. The fourth-order valence-corrected chi connectivity index (χ4v) is 0.824. The summed E-state index contributed by atoms with van der Waals surface area (Å²) in [5, 5.41) is 4.01. The quantitative estimate of drug-likeness (QED) is 0.663. The second kappa shape index (κ2) is 4.29. The van der Waals surface area contributed by atoms with Gasteiger partial charge in [0.1, 0.15) is 6.33 Å². The van der Waals surface area contributed by atoms with E-state index in [-0.39, 0.29) is 27.3 Å². The van der Waals surface area contributed by atoms with Gasteiger partial charge in [-0.1, -0.05) is 0 Å². The molecule has 12 heavy (non-hydrogen) atoms. The molecule has 0 unspecified atom stereocenters. The van der Waals surface area contributed by atoms with Crippen molar-refractivity contribution in [2.24, 2.45) is 0 Å². The van der Waals surface area contributed by atoms with Crippen molar-refractivity contribution in [3.8, 4) is 5.82 Å². The smallest absolute Gasteiger partial charge is 0.156 e. The van der Waals surface area contributed by atoms with Gasteiger partial charge in [-0.25, -0.2) is 14.6 Å². The van der Waals surface area contributed by atoms with Gasteiger partial charge < -0.3 is 0 Å². The molecule has 2 rings (SSSR count). The Morgan fingerprint density at radius 3 is 2.75 bits per heavy atom. The average Bonchev–Trinajstić information content (AvgIpc) is 2.58. The Kier molecular flexibility index (Phi) is 3.33. The Morgan fingerprint density at radius 2 is 2.17 bits per heavy atom. The van der Waals surface area contributed by atoms with Gasteiger partial charge in [0.05, 0.1) is 0 Å². The maximum Gasteiger partial charge on any atom is 0.156 e. The van der Waals surface area contributed by atoms with Crippen LogP contribution in [0.15, 0.2) is 37.1 Å². The van der Waals surface area contributed by atoms with E-state index in [2.05, 4.69) is 15.1 Å². The monoisotopic (exact) mass is 356 g/mol. The molecule has 0 atom stereocenters. The van der Waals surface area contributed by atoms with Crippen molar-refractivity contribution in [2.75, 3.05) is 0 Å². The molecule has 0 aliphatic carbocycles. The maximum absolute atomic E-state index is 4.01. The van der Waals surface area contributed by atoms with E-state index in [1.54, 1.807) is 23.1 Å². The van der Waals surface area contributed by atoms with Crippen LogP contribution in [0.5, 0.6) is 0 Å². The normalized spacial score (nSPS) is 9.00. The summed E-state index contributed by atoms with van der Waals surface area (Å²) in [5.41, 5.74) is 0. The third kappa shape index (κ3) is 1.87. The molecule has 0 spiro atoms. The maximum atomic E-state index is 4.01. The number of aromatic nitrogens is 4. The summed E-state index contributed by atoms with van der Waals surface area (Å²) in [7, 11) is 0. The van der Waals surface area contributed by atoms with Crippen LogP contribution in [0.3, 0.4) is 0 Å². The van der Waals surface area contributed by atoms with E-state index in [9.17, 15) is 0 Å². The molecule has 4 nitrogen and oxygen atoms in total. The van der Waals surface area contributed by atoms with Gasteiger partial charge >= 0.3 is 27.3 Å². The van der Waals surface area contributed by atoms with Crippen molar-refractivity contribution in [1.29, 1.82) is 0 Å². The first kappa shape index (κ1) is 9.30. The van der Waals surface area contributed by atoms with Gasteiger partial charge in [0, 0.05) is 24.7 Å². The Labute approximate surface area is 89.8 Å². The van der Waals surface area contributed by atoms with Crippen LogP contribution in [-0.4, -0.2) is 47.0 Å². The number of nitrogens with zero attached hydrogens (tertiary/aromatic N) is 4. The first-order valence-corrected chi connectivity index (χ1v) is 3.23. The topological polar surface area (TPSA) is 43.6 Å². The van der Waals surface area contributed by atoms with Crippen molar-refractivity contribution in [2.45, 2.75) is 0 Å². The van der Waals surface area contributed by atoms with E-state index in [1.807, 2.05) is 12.3 Å². The van der Waals surface area contributed by atoms with Crippen LogP contribution in [0.4, 0.5) is 0 Å². The van der Waals surface area contributed by atoms with E-state index in [4.69, 9.17) is 0 Å². The molecule has 0 aliphatic rings. The summed E-state index contributed by atoms with van der Waals surface area (Å²) < 4.78 is 1.68. The molecule has 0 fully saturated rings. The second-order valence-corrected chi connectivity index (χ2v) is 2.02. The van der Waals surface area contributed by atoms with E-state index in [0.717, 1.165) is 5.82 Å². The number of hydrogen-bond donors (Lipinski definition) is 0. The molecule has 5 heteroatoms. The van der Waals surface area contributed by atoms with Crippen molar-refractivity contribution >= 4 is 27.3 Å². The van der Waals surface area contributed by atoms with Gasteiger partial charge in [-0.05, 0) is 6.07 Å². The number of hydrogen-bond acceptors (Lipinski definition) is 3. The molecule has 0 saturated heterocycles. The van der Waals surface area contributed by atoms with E-state index >= 15 is 0 Å². The van der Waals surface area contributed by atoms with Crippen molar-refractivity contribution in [3.05, 3.63) is 37.1 Å². The van der Waals surface area contributed by atoms with Crippen LogP contribution in [-0.2, 0) is 0 Å². The van der Waals surface area contributed by atoms with Gasteiger partial charge in [-0.15, -0.1) is 0 Å². The molecule has 0 aliphatic heterocycles. The van der Waals surface area contributed by atoms with Gasteiger partial charge in [-0.3, -0.25) is 0 Å². The fraction of sp³-hybridized carbons (Fsp3) is 0. The molecular formula is C7H8N4Pb. The molecule has 60 valence electrons. The largest absolute Gasteiger partial charge is 0.245 e. The van der Waals surface area contributed by atoms with E-state index in [1.165, 1.54) is 6.33 Å². The first-order chi connectivity index (χ1) is 5.47. The zero-order valence-electron chi connectivity index (χ0n) is 6.46. The van der Waals surface area contributed by atoms with Crippen LogP contribution in [0.2, 0.25) is 0 Å². The van der Waals surface area contributed by atoms with Crippen molar-refractivity contribution < 1.29 is 0 Å². The Bertz CT molecular complexity index is 318. The Balaban J connectivity index is 0.000000720. The summed E-state index contributed by atoms with van der Waals surface area (Å²) in [4.78, 5) is 7.81. The zero-order chi connectivity index (χ0) is 7.52. The van der Waals surface area contributed by atoms with Gasteiger partial charge in [0.15, 0.2) is 5.82 Å². The Morgan fingerprint density at radius 1 is 1.25 bits per heavy atom. The van der Waals surface area contributed by atoms with Crippen molar-refractivity contribution in [3.63, 3.8) is 0 Å². The molecule has 2 radical (unpaired) electrons. The second-order valence-electron chi connectivity index (χ2n) is 2.02. The first-order valence-electron chi connectivity index (χ1n) is 3.23. The molecule has 2 heterocycles. The van der Waals surface area contributed by atoms with Gasteiger partial charge in [-0.2, -0.15) is 5.10 Å². The average molecular weight is 355 g/mol. The van der Waals surface area contributed by atoms with Crippen LogP contribution < -0.4 is 0 Å². The summed E-state index contributed by atoms with van der Waals surface area (Å²) >= 11 is 0. The summed E-state index contributed by atoms with van der Waals surface area (Å²) in [6.07, 6.45) is 6.73. The van der Waals surface area contributed by atoms with E-state index < -0.39 is 0 Å². The molecular weight excluding hydrogens is 347 g/mol. The zero-order valence-corrected chi connectivity index (χ0v) is 12.0. The van der Waals surface area contributed by atoms with Crippen molar-refractivity contribution in [1.82, 2.24) is 19.7 Å². The Hall–Kier alpha value is -0.788. The minimum Gasteiger partial charge on any atom is -0.245 e. The molecule has 0 saturated carbocycles. The number of rotatable bonds is 1. The molecule has 0 aromatic carbocycles. The summed E-state index contributed by atoms with van der Waals surface area (Å²) in [6.45, 7) is 0. The summed E-state index contributed by atoms with van der Waals surface area (Å²) in [6, 6.07) is 3.65. The van der Waals surface area contributed by atoms with E-state index in [0.29, 0.717) is 0 Å². The molecule has 2 aromatic rings. The van der Waals surface area contributed by atoms with Gasteiger partial charge in [0.25, 0.3) is 0 Å². The van der Waals surface area contributed by atoms with Crippen LogP contribution in [0, 0.1) is 0 Å². The molecule has 0 N–H and O–H groups in total. The predicted octanol–water partition coefficient (Wildman–Crippen LogP) is -0.254. The molecule has 2 aromatic heterocycles.